The summed E-state index contributed by atoms with van der Waals surface area (Å²) in [7, 11) is 0. The lowest BCUT2D eigenvalue weighted by Crippen LogP contribution is -2.50. The molecule has 0 saturated heterocycles. The molecule has 0 fully saturated rings. The van der Waals surface area contributed by atoms with Gasteiger partial charge in [-0.25, -0.2) is 0 Å². The van der Waals surface area contributed by atoms with Crippen LogP contribution in [0.5, 0.6) is 0 Å². The van der Waals surface area contributed by atoms with Crippen LogP contribution >= 0.6 is 0 Å². The van der Waals surface area contributed by atoms with Gasteiger partial charge in [0.25, 0.3) is 0 Å². The molecule has 0 bridgehead atoms. The van der Waals surface area contributed by atoms with E-state index in [2.05, 4.69) is 0 Å². The van der Waals surface area contributed by atoms with Crippen molar-refractivity contribution in [3.05, 3.63) is 0 Å². The summed E-state index contributed by atoms with van der Waals surface area (Å²) < 4.78 is 36.0. The van der Waals surface area contributed by atoms with Gasteiger partial charge in [0.05, 0.1) is 6.42 Å². The van der Waals surface area contributed by atoms with E-state index in [0.717, 1.165) is 0 Å². The number of hydrogen-bond acceptors (Lipinski definition) is 2. The average molecular weight is 212 g/mol. The lowest BCUT2D eigenvalue weighted by molar-refractivity contribution is -0.140. The van der Waals surface area contributed by atoms with Crippen LogP contribution in [-0.2, 0) is 0 Å². The number of hydrogen-bond donors (Lipinski definition) is 1. The quantitative estimate of drug-likeness (QED) is 0.755. The van der Waals surface area contributed by atoms with Gasteiger partial charge in [0.2, 0.25) is 0 Å². The second kappa shape index (κ2) is 4.98. The molecule has 0 aliphatic heterocycles. The van der Waals surface area contributed by atoms with Gasteiger partial charge in [-0.1, -0.05) is 6.92 Å². The first kappa shape index (κ1) is 13.7. The highest BCUT2D eigenvalue weighted by atomic mass is 19.4. The maximum Gasteiger partial charge on any atom is 0.390 e. The van der Waals surface area contributed by atoms with Crippen LogP contribution in [0, 0.1) is 0 Å². The zero-order chi connectivity index (χ0) is 11.4. The smallest absolute Gasteiger partial charge is 0.329 e. The maximum atomic E-state index is 12.0. The summed E-state index contributed by atoms with van der Waals surface area (Å²) in [6.45, 7) is 6.51. The largest absolute Gasteiger partial charge is 0.390 e. The molecule has 0 unspecified atom stereocenters. The minimum atomic E-state index is -4.09. The van der Waals surface area contributed by atoms with E-state index in [1.165, 1.54) is 0 Å². The Morgan fingerprint density at radius 3 is 2.00 bits per heavy atom. The van der Waals surface area contributed by atoms with Crippen molar-refractivity contribution in [2.75, 3.05) is 19.6 Å². The molecule has 86 valence electrons. The Balaban J connectivity index is 4.17. The molecule has 5 heteroatoms. The maximum absolute atomic E-state index is 12.0. The van der Waals surface area contributed by atoms with Crippen molar-refractivity contribution >= 4 is 0 Å². The molecule has 0 aliphatic carbocycles. The van der Waals surface area contributed by atoms with E-state index < -0.39 is 12.6 Å². The third-order valence-corrected chi connectivity index (χ3v) is 2.40. The second-order valence-corrected chi connectivity index (χ2v) is 3.96. The van der Waals surface area contributed by atoms with Gasteiger partial charge in [-0.3, -0.25) is 4.90 Å². The molecule has 0 radical (unpaired) electrons. The average Bonchev–Trinajstić information content (AvgIpc) is 2.03. The van der Waals surface area contributed by atoms with Gasteiger partial charge in [0, 0.05) is 18.6 Å². The monoisotopic (exact) mass is 212 g/mol. The van der Waals surface area contributed by atoms with Gasteiger partial charge in [-0.2, -0.15) is 13.2 Å². The summed E-state index contributed by atoms with van der Waals surface area (Å²) in [6, 6.07) is 0. The molecular formula is C9H19F3N2. The van der Waals surface area contributed by atoms with Crippen LogP contribution in [0.1, 0.15) is 27.2 Å². The van der Waals surface area contributed by atoms with Crippen LogP contribution in [-0.4, -0.2) is 36.2 Å². The summed E-state index contributed by atoms with van der Waals surface area (Å²) in [5, 5.41) is 0. The first-order valence-corrected chi connectivity index (χ1v) is 4.75. The Morgan fingerprint density at radius 1 is 1.21 bits per heavy atom. The van der Waals surface area contributed by atoms with Gasteiger partial charge < -0.3 is 5.73 Å². The number of halogens is 3. The first-order valence-electron chi connectivity index (χ1n) is 4.75. The van der Waals surface area contributed by atoms with Crippen molar-refractivity contribution in [2.45, 2.75) is 38.9 Å². The zero-order valence-corrected chi connectivity index (χ0v) is 8.99. The van der Waals surface area contributed by atoms with Gasteiger partial charge in [0.1, 0.15) is 0 Å². The highest BCUT2D eigenvalue weighted by Crippen LogP contribution is 2.22. The van der Waals surface area contributed by atoms with E-state index in [4.69, 9.17) is 5.73 Å². The predicted octanol–water partition coefficient (Wildman–Crippen LogP) is 2.00. The predicted molar refractivity (Wildman–Crippen MR) is 51.1 cm³/mol. The molecule has 0 aromatic rings. The summed E-state index contributed by atoms with van der Waals surface area (Å²) in [4.78, 5) is 1.75. The minimum Gasteiger partial charge on any atom is -0.329 e. The molecule has 2 N–H and O–H groups in total. The van der Waals surface area contributed by atoms with Gasteiger partial charge in [-0.05, 0) is 20.4 Å². The summed E-state index contributed by atoms with van der Waals surface area (Å²) in [6.07, 6.45) is -4.86. The van der Waals surface area contributed by atoms with E-state index in [0.29, 0.717) is 13.1 Å². The van der Waals surface area contributed by atoms with E-state index in [-0.39, 0.29) is 12.1 Å². The Kier molecular flexibility index (Phi) is 4.88. The molecular weight excluding hydrogens is 193 g/mol. The molecule has 0 rings (SSSR count). The molecule has 0 aromatic carbocycles. The molecule has 0 saturated carbocycles. The Labute approximate surface area is 83.3 Å². The first-order chi connectivity index (χ1) is 6.23. The minimum absolute atomic E-state index is 0.0181. The Hall–Kier alpha value is -0.290. The third-order valence-electron chi connectivity index (χ3n) is 2.40. The fourth-order valence-corrected chi connectivity index (χ4v) is 1.28. The van der Waals surface area contributed by atoms with Crippen LogP contribution < -0.4 is 5.73 Å². The highest BCUT2D eigenvalue weighted by molar-refractivity contribution is 4.82. The molecule has 0 heterocycles. The van der Waals surface area contributed by atoms with Crippen LogP contribution in [0.4, 0.5) is 13.2 Å². The van der Waals surface area contributed by atoms with E-state index in [9.17, 15) is 13.2 Å². The van der Waals surface area contributed by atoms with Gasteiger partial charge in [-0.15, -0.1) is 0 Å². The van der Waals surface area contributed by atoms with Gasteiger partial charge >= 0.3 is 6.18 Å². The normalized spacial score (nSPS) is 13.7. The fourth-order valence-electron chi connectivity index (χ4n) is 1.28. The number of likely N-dealkylation sites (N-methyl/N-ethyl adjacent to an activating group) is 1. The third kappa shape index (κ3) is 4.81. The highest BCUT2D eigenvalue weighted by Gasteiger charge is 2.31. The molecule has 0 aromatic heterocycles. The molecule has 0 atom stereocenters. The standard InChI is InChI=1S/C9H19F3N2/c1-4-14(8(2,3)7-13)6-5-9(10,11)12/h4-7,13H2,1-3H3. The van der Waals surface area contributed by atoms with E-state index in [1.807, 2.05) is 20.8 Å². The van der Waals surface area contributed by atoms with Crippen molar-refractivity contribution in [1.29, 1.82) is 0 Å². The van der Waals surface area contributed by atoms with Gasteiger partial charge in [0.15, 0.2) is 0 Å². The summed E-state index contributed by atoms with van der Waals surface area (Å²) in [5.41, 5.74) is 5.14. The Bertz CT molecular complexity index is 166. The van der Waals surface area contributed by atoms with Crippen molar-refractivity contribution in [3.63, 3.8) is 0 Å². The second-order valence-electron chi connectivity index (χ2n) is 3.96. The topological polar surface area (TPSA) is 29.3 Å². The number of nitrogens with two attached hydrogens (primary N) is 1. The van der Waals surface area contributed by atoms with E-state index in [1.54, 1.807) is 4.90 Å². The number of alkyl halides is 3. The molecule has 0 aliphatic rings. The van der Waals surface area contributed by atoms with Crippen molar-refractivity contribution in [1.82, 2.24) is 4.90 Å². The summed E-state index contributed by atoms with van der Waals surface area (Å²) in [5.74, 6) is 0. The lowest BCUT2D eigenvalue weighted by Gasteiger charge is -2.37. The SMILES string of the molecule is CCN(CCC(F)(F)F)C(C)(C)CN. The number of nitrogens with zero attached hydrogens (tertiary/aromatic N) is 1. The molecule has 0 amide bonds. The zero-order valence-electron chi connectivity index (χ0n) is 8.99. The molecule has 14 heavy (non-hydrogen) atoms. The van der Waals surface area contributed by atoms with Crippen LogP contribution in [0.2, 0.25) is 0 Å². The van der Waals surface area contributed by atoms with Crippen LogP contribution in [0.3, 0.4) is 0 Å². The molecule has 2 nitrogen and oxygen atoms in total. The molecule has 0 spiro atoms. The van der Waals surface area contributed by atoms with E-state index >= 15 is 0 Å². The lowest BCUT2D eigenvalue weighted by atomic mass is 10.0. The Morgan fingerprint density at radius 2 is 1.71 bits per heavy atom. The van der Waals surface area contributed by atoms with Crippen molar-refractivity contribution in [3.8, 4) is 0 Å². The summed E-state index contributed by atoms with van der Waals surface area (Å²) >= 11 is 0. The van der Waals surface area contributed by atoms with Crippen molar-refractivity contribution < 1.29 is 13.2 Å². The van der Waals surface area contributed by atoms with Crippen LogP contribution in [0.25, 0.3) is 0 Å². The fraction of sp³-hybridized carbons (Fsp3) is 1.00. The van der Waals surface area contributed by atoms with Crippen LogP contribution in [0.15, 0.2) is 0 Å². The number of rotatable bonds is 5. The van der Waals surface area contributed by atoms with Crippen molar-refractivity contribution in [2.24, 2.45) is 5.73 Å².